The Morgan fingerprint density at radius 3 is 2.85 bits per heavy atom. The summed E-state index contributed by atoms with van der Waals surface area (Å²) in [5, 5.41) is 0.160. The maximum Gasteiger partial charge on any atom is 0.393 e. The second-order valence-electron chi connectivity index (χ2n) is 4.59. The minimum absolute atomic E-state index is 0.0872. The molecule has 1 aromatic heterocycles. The van der Waals surface area contributed by atoms with Crippen LogP contribution in [0.25, 0.3) is 0 Å². The number of aromatic nitrogens is 2. The van der Waals surface area contributed by atoms with Crippen LogP contribution in [0.15, 0.2) is 6.07 Å². The third-order valence-electron chi connectivity index (χ3n) is 3.14. The van der Waals surface area contributed by atoms with Crippen molar-refractivity contribution < 1.29 is 17.9 Å². The molecule has 1 aliphatic rings. The van der Waals surface area contributed by atoms with E-state index in [4.69, 9.17) is 16.3 Å². The monoisotopic (exact) mass is 309 g/mol. The topological polar surface area (TPSA) is 38.2 Å². The van der Waals surface area contributed by atoms with Gasteiger partial charge in [0.2, 0.25) is 0 Å². The van der Waals surface area contributed by atoms with Crippen LogP contribution in [0.5, 0.6) is 6.01 Å². The van der Waals surface area contributed by atoms with E-state index in [0.29, 0.717) is 25.4 Å². The van der Waals surface area contributed by atoms with E-state index in [2.05, 4.69) is 9.97 Å². The van der Waals surface area contributed by atoms with Gasteiger partial charge in [0.25, 0.3) is 0 Å². The number of ether oxygens (including phenoxy) is 1. The lowest BCUT2D eigenvalue weighted by molar-refractivity contribution is -0.176. The van der Waals surface area contributed by atoms with Crippen molar-refractivity contribution in [3.05, 3.63) is 11.2 Å². The lowest BCUT2D eigenvalue weighted by Gasteiger charge is -2.34. The first-order valence-corrected chi connectivity index (χ1v) is 6.77. The molecule has 1 aromatic rings. The maximum atomic E-state index is 12.8. The van der Waals surface area contributed by atoms with Gasteiger partial charge in [-0.3, -0.25) is 0 Å². The molecule has 1 fully saturated rings. The first-order chi connectivity index (χ1) is 9.40. The van der Waals surface area contributed by atoms with Crippen LogP contribution < -0.4 is 9.64 Å². The number of anilines is 1. The average molecular weight is 310 g/mol. The van der Waals surface area contributed by atoms with E-state index in [1.165, 1.54) is 6.07 Å². The fourth-order valence-corrected chi connectivity index (χ4v) is 2.36. The Morgan fingerprint density at radius 1 is 1.45 bits per heavy atom. The van der Waals surface area contributed by atoms with Crippen molar-refractivity contribution in [1.29, 1.82) is 0 Å². The second-order valence-corrected chi connectivity index (χ2v) is 4.98. The molecule has 1 unspecified atom stereocenters. The van der Waals surface area contributed by atoms with Crippen LogP contribution in [0.3, 0.4) is 0 Å². The summed E-state index contributed by atoms with van der Waals surface area (Å²) >= 11 is 5.85. The molecule has 0 saturated carbocycles. The summed E-state index contributed by atoms with van der Waals surface area (Å²) in [7, 11) is 0. The van der Waals surface area contributed by atoms with Gasteiger partial charge in [0, 0.05) is 19.2 Å². The summed E-state index contributed by atoms with van der Waals surface area (Å²) in [6, 6.07) is 1.55. The van der Waals surface area contributed by atoms with Gasteiger partial charge >= 0.3 is 12.2 Å². The third kappa shape index (κ3) is 3.65. The van der Waals surface area contributed by atoms with Gasteiger partial charge in [-0.05, 0) is 19.8 Å². The highest BCUT2D eigenvalue weighted by molar-refractivity contribution is 6.29. The molecule has 0 radical (unpaired) electrons. The number of rotatable bonds is 3. The van der Waals surface area contributed by atoms with Crippen LogP contribution in [0.1, 0.15) is 19.8 Å². The van der Waals surface area contributed by atoms with Crippen molar-refractivity contribution in [2.75, 3.05) is 24.6 Å². The molecule has 1 aliphatic heterocycles. The zero-order valence-corrected chi connectivity index (χ0v) is 11.7. The molecule has 0 N–H and O–H groups in total. The lowest BCUT2D eigenvalue weighted by atomic mass is 9.97. The van der Waals surface area contributed by atoms with E-state index in [-0.39, 0.29) is 24.1 Å². The van der Waals surface area contributed by atoms with E-state index in [1.807, 2.05) is 0 Å². The number of alkyl halides is 3. The highest BCUT2D eigenvalue weighted by Gasteiger charge is 2.42. The molecule has 0 aliphatic carbocycles. The summed E-state index contributed by atoms with van der Waals surface area (Å²) in [6.07, 6.45) is -3.56. The molecule has 0 spiro atoms. The smallest absolute Gasteiger partial charge is 0.393 e. The van der Waals surface area contributed by atoms with Crippen molar-refractivity contribution in [2.24, 2.45) is 5.92 Å². The minimum atomic E-state index is -4.18. The summed E-state index contributed by atoms with van der Waals surface area (Å²) in [4.78, 5) is 9.55. The van der Waals surface area contributed by atoms with Gasteiger partial charge in [0.05, 0.1) is 12.5 Å². The highest BCUT2D eigenvalue weighted by Crippen LogP contribution is 2.34. The molecule has 112 valence electrons. The number of hydrogen-bond acceptors (Lipinski definition) is 4. The molecule has 2 heterocycles. The Kier molecular flexibility index (Phi) is 4.57. The second kappa shape index (κ2) is 6.03. The Morgan fingerprint density at radius 2 is 2.20 bits per heavy atom. The molecule has 1 saturated heterocycles. The highest BCUT2D eigenvalue weighted by atomic mass is 35.5. The minimum Gasteiger partial charge on any atom is -0.464 e. The van der Waals surface area contributed by atoms with Gasteiger partial charge in [-0.2, -0.15) is 23.1 Å². The van der Waals surface area contributed by atoms with Crippen LogP contribution in [-0.2, 0) is 0 Å². The molecule has 1 atom stereocenters. The van der Waals surface area contributed by atoms with Crippen molar-refractivity contribution in [2.45, 2.75) is 25.9 Å². The summed E-state index contributed by atoms with van der Waals surface area (Å²) < 4.78 is 43.6. The predicted octanol–water partition coefficient (Wildman–Crippen LogP) is 3.31. The van der Waals surface area contributed by atoms with Crippen LogP contribution >= 0.6 is 11.6 Å². The standard InChI is InChI=1S/C12H15ClF3N3O/c1-2-20-11-17-9(13)6-10(18-11)19-5-3-4-8(7-19)12(14,15)16/h6,8H,2-5,7H2,1H3. The molecular formula is C12H15ClF3N3O. The number of hydrogen-bond donors (Lipinski definition) is 0. The van der Waals surface area contributed by atoms with Gasteiger partial charge in [0.15, 0.2) is 0 Å². The molecule has 0 amide bonds. The number of halogens is 4. The third-order valence-corrected chi connectivity index (χ3v) is 3.34. The molecular weight excluding hydrogens is 295 g/mol. The van der Waals surface area contributed by atoms with Crippen LogP contribution in [0, 0.1) is 5.92 Å². The van der Waals surface area contributed by atoms with E-state index < -0.39 is 12.1 Å². The SMILES string of the molecule is CCOc1nc(Cl)cc(N2CCCC(C(F)(F)F)C2)n1. The van der Waals surface area contributed by atoms with E-state index in [9.17, 15) is 13.2 Å². The Hall–Kier alpha value is -1.24. The first kappa shape index (κ1) is 15.2. The van der Waals surface area contributed by atoms with Crippen molar-refractivity contribution in [3.8, 4) is 6.01 Å². The van der Waals surface area contributed by atoms with Gasteiger partial charge < -0.3 is 9.64 Å². The van der Waals surface area contributed by atoms with Crippen LogP contribution in [-0.4, -0.2) is 35.8 Å². The lowest BCUT2D eigenvalue weighted by Crippen LogP contribution is -2.42. The molecule has 0 bridgehead atoms. The Balaban J connectivity index is 2.18. The van der Waals surface area contributed by atoms with E-state index in [0.717, 1.165) is 0 Å². The largest absolute Gasteiger partial charge is 0.464 e. The van der Waals surface area contributed by atoms with Crippen molar-refractivity contribution >= 4 is 17.4 Å². The Labute approximate surface area is 119 Å². The normalized spacial score (nSPS) is 20.1. The zero-order valence-electron chi connectivity index (χ0n) is 11.0. The summed E-state index contributed by atoms with van der Waals surface area (Å²) in [5.74, 6) is -0.956. The molecule has 20 heavy (non-hydrogen) atoms. The fraction of sp³-hybridized carbons (Fsp3) is 0.667. The first-order valence-electron chi connectivity index (χ1n) is 6.39. The molecule has 8 heteroatoms. The fourth-order valence-electron chi connectivity index (χ4n) is 2.19. The quantitative estimate of drug-likeness (QED) is 0.803. The summed E-state index contributed by atoms with van der Waals surface area (Å²) in [5.41, 5.74) is 0. The van der Waals surface area contributed by atoms with Gasteiger partial charge in [0.1, 0.15) is 11.0 Å². The van der Waals surface area contributed by atoms with Crippen molar-refractivity contribution in [1.82, 2.24) is 9.97 Å². The molecule has 4 nitrogen and oxygen atoms in total. The molecule has 2 rings (SSSR count). The van der Waals surface area contributed by atoms with Crippen molar-refractivity contribution in [3.63, 3.8) is 0 Å². The maximum absolute atomic E-state index is 12.8. The van der Waals surface area contributed by atoms with Gasteiger partial charge in [-0.15, -0.1) is 0 Å². The van der Waals surface area contributed by atoms with Gasteiger partial charge in [-0.1, -0.05) is 11.6 Å². The average Bonchev–Trinajstić information content (AvgIpc) is 2.37. The molecule has 0 aromatic carbocycles. The zero-order chi connectivity index (χ0) is 14.8. The van der Waals surface area contributed by atoms with Crippen LogP contribution in [0.4, 0.5) is 19.0 Å². The van der Waals surface area contributed by atoms with Gasteiger partial charge in [-0.25, -0.2) is 0 Å². The van der Waals surface area contributed by atoms with Crippen LogP contribution in [0.2, 0.25) is 5.15 Å². The Bertz CT molecular complexity index is 470. The van der Waals surface area contributed by atoms with E-state index in [1.54, 1.807) is 11.8 Å². The number of nitrogens with zero attached hydrogens (tertiary/aromatic N) is 3. The van der Waals surface area contributed by atoms with E-state index >= 15 is 0 Å². The number of piperidine rings is 1. The summed E-state index contributed by atoms with van der Waals surface area (Å²) in [6.45, 7) is 2.55. The predicted molar refractivity (Wildman–Crippen MR) is 69.2 cm³/mol.